The van der Waals surface area contributed by atoms with E-state index in [-0.39, 0.29) is 31.1 Å². The van der Waals surface area contributed by atoms with Crippen molar-refractivity contribution < 1.29 is 32.6 Å². The number of esters is 1. The summed E-state index contributed by atoms with van der Waals surface area (Å²) in [6.07, 6.45) is 5.10. The number of aromatic nitrogens is 3. The number of anilines is 2. The highest BCUT2D eigenvalue weighted by molar-refractivity contribution is 5.77. The maximum atomic E-state index is 15.0. The fraction of sp³-hybridized carbons (Fsp3) is 0.436. The number of urea groups is 1. The van der Waals surface area contributed by atoms with E-state index in [4.69, 9.17) is 19.9 Å². The third-order valence-electron chi connectivity index (χ3n) is 10.6. The van der Waals surface area contributed by atoms with Gasteiger partial charge in [-0.25, -0.2) is 28.7 Å². The van der Waals surface area contributed by atoms with Crippen LogP contribution in [0, 0.1) is 17.6 Å². The average Bonchev–Trinajstić information content (AvgIpc) is 3.96. The smallest absolute Gasteiger partial charge is 0.330 e. The van der Waals surface area contributed by atoms with Crippen molar-refractivity contribution in [3.05, 3.63) is 102 Å². The second-order valence-electron chi connectivity index (χ2n) is 14.4. The van der Waals surface area contributed by atoms with E-state index >= 15 is 0 Å². The first-order chi connectivity index (χ1) is 26.6. The second-order valence-corrected chi connectivity index (χ2v) is 14.4. The normalized spacial score (nSPS) is 23.0. The SMILES string of the molecule is C[C@@H](CCCC1(c2ccc(N3CCN(c4ccc(OCC5CO[C@@](Cn6cncn6)(c6ccc(F)cc6F)C5)cc4)CC3)cc2)NNC(=O)N1)OC(=O)CN. The fourth-order valence-electron chi connectivity index (χ4n) is 7.75. The number of nitrogens with zero attached hydrogens (tertiary/aromatic N) is 5. The van der Waals surface area contributed by atoms with Gasteiger partial charge in [0.25, 0.3) is 0 Å². The molecule has 3 aliphatic heterocycles. The zero-order valence-electron chi connectivity index (χ0n) is 30.8. The molecule has 2 amide bonds. The number of benzene rings is 3. The molecule has 4 aromatic rings. The van der Waals surface area contributed by atoms with Crippen molar-refractivity contribution in [3.8, 4) is 5.75 Å². The molecule has 2 unspecified atom stereocenters. The van der Waals surface area contributed by atoms with Crippen molar-refractivity contribution in [2.75, 3.05) is 55.7 Å². The minimum Gasteiger partial charge on any atom is -0.493 e. The van der Waals surface area contributed by atoms with Gasteiger partial charge >= 0.3 is 12.0 Å². The molecule has 7 rings (SSSR count). The van der Waals surface area contributed by atoms with Gasteiger partial charge in [-0.2, -0.15) is 5.10 Å². The highest BCUT2D eigenvalue weighted by atomic mass is 19.1. The minimum atomic E-state index is -1.03. The molecule has 1 aromatic heterocycles. The summed E-state index contributed by atoms with van der Waals surface area (Å²) in [7, 11) is 0. The van der Waals surface area contributed by atoms with Gasteiger partial charge in [0.05, 0.1) is 32.4 Å². The van der Waals surface area contributed by atoms with Gasteiger partial charge in [0.1, 0.15) is 41.3 Å². The topological polar surface area (TPSA) is 161 Å². The molecule has 55 heavy (non-hydrogen) atoms. The standard InChI is InChI=1S/C39H47F2N9O5/c1-27(55-36(51)21-42)3-2-14-39(45-37(52)46-47-39)29-4-7-31(8-5-29)48-15-17-49(18-16-48)32-9-11-33(12-10-32)53-22-28-20-38(54-23-28,24-50-26-43-25-44-50)34-13-6-30(40)19-35(34)41/h4-13,19,25-28,47H,2-3,14-18,20-24,42H2,1H3,(H2,45,46,52)/t27-,28?,38-,39?/m0/s1. The van der Waals surface area contributed by atoms with Crippen LogP contribution in [0.1, 0.15) is 43.7 Å². The summed E-state index contributed by atoms with van der Waals surface area (Å²) in [5.74, 6) is -1.02. The number of piperazine rings is 1. The number of nitrogens with one attached hydrogen (secondary N) is 3. The Morgan fingerprint density at radius 2 is 1.75 bits per heavy atom. The lowest BCUT2D eigenvalue weighted by Gasteiger charge is -2.37. The molecule has 4 atom stereocenters. The Morgan fingerprint density at radius 1 is 1.04 bits per heavy atom. The van der Waals surface area contributed by atoms with E-state index in [0.29, 0.717) is 44.5 Å². The fourth-order valence-corrected chi connectivity index (χ4v) is 7.75. The first-order valence-corrected chi connectivity index (χ1v) is 18.6. The zero-order valence-corrected chi connectivity index (χ0v) is 30.8. The first-order valence-electron chi connectivity index (χ1n) is 18.6. The molecule has 292 valence electrons. The monoisotopic (exact) mass is 759 g/mol. The predicted molar refractivity (Wildman–Crippen MR) is 200 cm³/mol. The van der Waals surface area contributed by atoms with Crippen LogP contribution in [0.4, 0.5) is 25.0 Å². The molecule has 0 spiro atoms. The number of hydrazine groups is 1. The van der Waals surface area contributed by atoms with E-state index in [1.54, 1.807) is 11.0 Å². The van der Waals surface area contributed by atoms with E-state index in [2.05, 4.69) is 60.3 Å². The molecule has 3 aromatic carbocycles. The Bertz CT molecular complexity index is 1910. The van der Waals surface area contributed by atoms with E-state index in [9.17, 15) is 18.4 Å². The number of nitrogens with two attached hydrogens (primary N) is 1. The summed E-state index contributed by atoms with van der Waals surface area (Å²) in [4.78, 5) is 32.4. The molecular formula is C39H47F2N9O5. The summed E-state index contributed by atoms with van der Waals surface area (Å²) in [6.45, 7) is 6.02. The molecule has 3 fully saturated rings. The molecule has 5 N–H and O–H groups in total. The summed E-state index contributed by atoms with van der Waals surface area (Å²) in [5.41, 5.74) is 12.8. The van der Waals surface area contributed by atoms with E-state index in [1.165, 1.54) is 18.5 Å². The lowest BCUT2D eigenvalue weighted by molar-refractivity contribution is -0.146. The van der Waals surface area contributed by atoms with Gasteiger partial charge in [-0.15, -0.1) is 0 Å². The Morgan fingerprint density at radius 3 is 2.36 bits per heavy atom. The molecule has 4 heterocycles. The summed E-state index contributed by atoms with van der Waals surface area (Å²) < 4.78 is 48.1. The number of hydrogen-bond acceptors (Lipinski definition) is 11. The maximum absolute atomic E-state index is 15.0. The van der Waals surface area contributed by atoms with Crippen molar-refractivity contribution in [2.45, 2.75) is 56.5 Å². The van der Waals surface area contributed by atoms with Crippen LogP contribution >= 0.6 is 0 Å². The largest absolute Gasteiger partial charge is 0.493 e. The van der Waals surface area contributed by atoms with Crippen molar-refractivity contribution in [2.24, 2.45) is 11.7 Å². The van der Waals surface area contributed by atoms with Crippen molar-refractivity contribution in [3.63, 3.8) is 0 Å². The molecule has 0 radical (unpaired) electrons. The number of amides is 2. The van der Waals surface area contributed by atoms with Crippen LogP contribution < -0.4 is 36.4 Å². The molecule has 0 aliphatic carbocycles. The molecule has 0 saturated carbocycles. The van der Waals surface area contributed by atoms with Crippen LogP contribution in [0.15, 0.2) is 79.4 Å². The third kappa shape index (κ3) is 8.82. The van der Waals surface area contributed by atoms with Gasteiger partial charge in [-0.3, -0.25) is 10.2 Å². The summed E-state index contributed by atoms with van der Waals surface area (Å²) in [5, 5.41) is 7.21. The Balaban J connectivity index is 0.901. The maximum Gasteiger partial charge on any atom is 0.330 e. The summed E-state index contributed by atoms with van der Waals surface area (Å²) in [6, 6.07) is 19.6. The van der Waals surface area contributed by atoms with Gasteiger partial charge < -0.3 is 35.1 Å². The average molecular weight is 760 g/mol. The number of carbonyl (C=O) groups excluding carboxylic acids is 2. The molecule has 3 aliphatic rings. The van der Waals surface area contributed by atoms with Crippen LogP contribution in [0.3, 0.4) is 0 Å². The van der Waals surface area contributed by atoms with Gasteiger partial charge in [-0.1, -0.05) is 18.2 Å². The molecular weight excluding hydrogens is 712 g/mol. The van der Waals surface area contributed by atoms with Crippen molar-refractivity contribution >= 4 is 23.4 Å². The third-order valence-corrected chi connectivity index (χ3v) is 10.6. The predicted octanol–water partition coefficient (Wildman–Crippen LogP) is 3.92. The van der Waals surface area contributed by atoms with E-state index < -0.39 is 28.9 Å². The van der Waals surface area contributed by atoms with Crippen molar-refractivity contribution in [1.29, 1.82) is 0 Å². The lowest BCUT2D eigenvalue weighted by atomic mass is 9.87. The second kappa shape index (κ2) is 16.6. The van der Waals surface area contributed by atoms with Gasteiger partial charge in [0.2, 0.25) is 0 Å². The highest BCUT2D eigenvalue weighted by Gasteiger charge is 2.45. The number of carbonyl (C=O) groups is 2. The van der Waals surface area contributed by atoms with Gasteiger partial charge in [0.15, 0.2) is 0 Å². The van der Waals surface area contributed by atoms with Crippen LogP contribution in [0.2, 0.25) is 0 Å². The first kappa shape index (κ1) is 38.0. The molecule has 16 heteroatoms. The quantitative estimate of drug-likeness (QED) is 0.130. The minimum absolute atomic E-state index is 0.0197. The van der Waals surface area contributed by atoms with Crippen LogP contribution in [0.25, 0.3) is 0 Å². The van der Waals surface area contributed by atoms with Crippen LogP contribution in [-0.2, 0) is 32.1 Å². The number of rotatable bonds is 15. The van der Waals surface area contributed by atoms with E-state index in [1.807, 2.05) is 31.2 Å². The van der Waals surface area contributed by atoms with Crippen LogP contribution in [-0.4, -0.2) is 78.8 Å². The summed E-state index contributed by atoms with van der Waals surface area (Å²) >= 11 is 0. The van der Waals surface area contributed by atoms with Crippen LogP contribution in [0.5, 0.6) is 5.75 Å². The zero-order chi connectivity index (χ0) is 38.4. The Hall–Kier alpha value is -5.32. The number of ether oxygens (including phenoxy) is 3. The van der Waals surface area contributed by atoms with Gasteiger partial charge in [-0.05, 0) is 80.6 Å². The Labute approximate surface area is 318 Å². The van der Waals surface area contributed by atoms with Gasteiger partial charge in [0, 0.05) is 55.1 Å². The molecule has 3 saturated heterocycles. The Kier molecular flexibility index (Phi) is 11.5. The van der Waals surface area contributed by atoms with E-state index in [0.717, 1.165) is 54.9 Å². The highest BCUT2D eigenvalue weighted by Crippen LogP contribution is 2.42. The van der Waals surface area contributed by atoms with Crippen molar-refractivity contribution in [1.82, 2.24) is 30.9 Å². The lowest BCUT2D eigenvalue weighted by Crippen LogP contribution is -2.48. The molecule has 14 nitrogen and oxygen atoms in total. The molecule has 0 bridgehead atoms. The number of halogens is 2. The number of hydrogen-bond donors (Lipinski definition) is 4.